The number of likely N-dealkylation sites (N-methyl/N-ethyl adjacent to an activating group) is 1. The lowest BCUT2D eigenvalue weighted by molar-refractivity contribution is -0.148. The van der Waals surface area contributed by atoms with Crippen LogP contribution in [0.4, 0.5) is 5.69 Å². The van der Waals surface area contributed by atoms with Crippen molar-refractivity contribution in [2.75, 3.05) is 53.2 Å². The average Bonchev–Trinajstić information content (AvgIpc) is 2.90. The van der Waals surface area contributed by atoms with E-state index in [0.29, 0.717) is 17.7 Å². The van der Waals surface area contributed by atoms with Crippen molar-refractivity contribution in [2.45, 2.75) is 49.9 Å². The predicted octanol–water partition coefficient (Wildman–Crippen LogP) is 0.370. The van der Waals surface area contributed by atoms with Crippen LogP contribution in [-0.4, -0.2) is 114 Å². The van der Waals surface area contributed by atoms with Crippen LogP contribution in [0.25, 0.3) is 0 Å². The molecule has 1 fully saturated rings. The fourth-order valence-corrected chi connectivity index (χ4v) is 7.35. The Kier molecular flexibility index (Phi) is 7.63. The maximum atomic E-state index is 14.2. The number of amides is 1. The van der Waals surface area contributed by atoms with E-state index in [0.717, 1.165) is 31.6 Å². The molecule has 7 N–H and O–H groups in total. The standard InChI is InChI=1S/C30H41N5O7/c1-33(2)19-12-15(13-32-16-6-8-35(5)9-7-16)24(36)21-17(19)10-14-11-18-23(34(3)4)26(38)22(29(31)41)28(40)30(18,42)27(39)20(14)25(21)37/h12,14,16,18,23,32,36,38-39,42H,6-11,13H2,1-5H3,(H2,31,41). The number of nitrogens with zero attached hydrogens (tertiary/aromatic N) is 3. The Morgan fingerprint density at radius 3 is 2.36 bits per heavy atom. The van der Waals surface area contributed by atoms with E-state index in [1.54, 1.807) is 14.1 Å². The first-order valence-electron chi connectivity index (χ1n) is 14.3. The molecule has 1 heterocycles. The van der Waals surface area contributed by atoms with E-state index in [2.05, 4.69) is 17.3 Å². The number of aliphatic hydroxyl groups excluding tert-OH is 2. The van der Waals surface area contributed by atoms with Crippen LogP contribution < -0.4 is 16.0 Å². The second-order valence-electron chi connectivity index (χ2n) is 12.6. The predicted molar refractivity (Wildman–Crippen MR) is 155 cm³/mol. The number of rotatable bonds is 6. The molecule has 3 aliphatic carbocycles. The van der Waals surface area contributed by atoms with E-state index in [1.807, 2.05) is 25.1 Å². The molecule has 12 nitrogen and oxygen atoms in total. The highest BCUT2D eigenvalue weighted by Gasteiger charge is 2.63. The van der Waals surface area contributed by atoms with Gasteiger partial charge in [-0.25, -0.2) is 0 Å². The van der Waals surface area contributed by atoms with Crippen LogP contribution in [0.2, 0.25) is 0 Å². The quantitative estimate of drug-likeness (QED) is 0.255. The Morgan fingerprint density at radius 2 is 1.79 bits per heavy atom. The lowest BCUT2D eigenvalue weighted by Gasteiger charge is -2.50. The lowest BCUT2D eigenvalue weighted by atomic mass is 9.58. The van der Waals surface area contributed by atoms with Gasteiger partial charge in [0.15, 0.2) is 11.4 Å². The zero-order valence-electron chi connectivity index (χ0n) is 24.8. The second kappa shape index (κ2) is 10.7. The number of anilines is 1. The van der Waals surface area contributed by atoms with E-state index >= 15 is 0 Å². The number of ketones is 2. The van der Waals surface area contributed by atoms with Gasteiger partial charge in [0.2, 0.25) is 5.78 Å². The first kappa shape index (κ1) is 30.0. The number of Topliss-reactive ketones (excluding diaryl/α,β-unsaturated/α-hetero) is 2. The maximum Gasteiger partial charge on any atom is 0.255 e. The molecule has 4 atom stereocenters. The summed E-state index contributed by atoms with van der Waals surface area (Å²) in [6.07, 6.45) is 2.23. The number of hydrogen-bond donors (Lipinski definition) is 6. The van der Waals surface area contributed by atoms with E-state index in [1.165, 1.54) is 4.90 Å². The van der Waals surface area contributed by atoms with Crippen molar-refractivity contribution in [3.05, 3.63) is 45.4 Å². The van der Waals surface area contributed by atoms with Crippen LogP contribution in [0.5, 0.6) is 5.75 Å². The van der Waals surface area contributed by atoms with Crippen LogP contribution in [0.3, 0.4) is 0 Å². The summed E-state index contributed by atoms with van der Waals surface area (Å²) in [5.74, 6) is -6.48. The number of carbonyl (C=O) groups is 3. The number of piperidine rings is 1. The second-order valence-corrected chi connectivity index (χ2v) is 12.6. The van der Waals surface area contributed by atoms with Gasteiger partial charge in [-0.3, -0.25) is 19.3 Å². The molecular formula is C30H41N5O7. The number of benzene rings is 1. The van der Waals surface area contributed by atoms with Crippen molar-refractivity contribution < 1.29 is 34.8 Å². The number of fused-ring (bicyclic) bond motifs is 3. The van der Waals surface area contributed by atoms with Gasteiger partial charge in [-0.2, -0.15) is 0 Å². The normalized spacial score (nSPS) is 28.6. The molecule has 1 aliphatic heterocycles. The molecule has 0 saturated carbocycles. The summed E-state index contributed by atoms with van der Waals surface area (Å²) < 4.78 is 0. The molecule has 0 spiro atoms. The van der Waals surface area contributed by atoms with Crippen molar-refractivity contribution >= 4 is 23.2 Å². The SMILES string of the molecule is CN1CCC(NCc2cc(N(C)C)c3c(c2O)C(=O)C2=C(O)C4(O)C(=O)C(C(N)=O)=C(O)C(N(C)C)C4CC2C3)CC1. The van der Waals surface area contributed by atoms with E-state index < -0.39 is 58.0 Å². The van der Waals surface area contributed by atoms with E-state index in [-0.39, 0.29) is 35.8 Å². The number of allylic oxidation sites excluding steroid dienone is 1. The van der Waals surface area contributed by atoms with Gasteiger partial charge in [0, 0.05) is 49.4 Å². The monoisotopic (exact) mass is 583 g/mol. The van der Waals surface area contributed by atoms with E-state index in [4.69, 9.17) is 5.73 Å². The Labute approximate surface area is 245 Å². The Morgan fingerprint density at radius 1 is 1.14 bits per heavy atom. The molecule has 0 radical (unpaired) electrons. The summed E-state index contributed by atoms with van der Waals surface area (Å²) in [4.78, 5) is 45.5. The number of primary amides is 1. The van der Waals surface area contributed by atoms with Gasteiger partial charge >= 0.3 is 0 Å². The molecule has 0 aromatic heterocycles. The van der Waals surface area contributed by atoms with Crippen molar-refractivity contribution in [1.82, 2.24) is 15.1 Å². The zero-order valence-corrected chi connectivity index (χ0v) is 24.8. The van der Waals surface area contributed by atoms with Gasteiger partial charge in [0.05, 0.1) is 11.6 Å². The Hall–Kier alpha value is -3.45. The van der Waals surface area contributed by atoms with Gasteiger partial charge < -0.3 is 41.3 Å². The van der Waals surface area contributed by atoms with Crippen molar-refractivity contribution in [1.29, 1.82) is 0 Å². The fraction of sp³-hybridized carbons (Fsp3) is 0.567. The van der Waals surface area contributed by atoms with Gasteiger partial charge in [-0.15, -0.1) is 0 Å². The Bertz CT molecular complexity index is 1410. The summed E-state index contributed by atoms with van der Waals surface area (Å²) in [5.41, 5.74) is 3.70. The zero-order chi connectivity index (χ0) is 30.8. The molecule has 4 unspecified atom stereocenters. The number of hydrogen-bond acceptors (Lipinski definition) is 11. The highest BCUT2D eigenvalue weighted by molar-refractivity contribution is 6.24. The number of likely N-dealkylation sites (tertiary alicyclic amines) is 1. The molecule has 1 saturated heterocycles. The van der Waals surface area contributed by atoms with E-state index in [9.17, 15) is 34.8 Å². The molecule has 228 valence electrons. The summed E-state index contributed by atoms with van der Waals surface area (Å²) in [6.45, 7) is 2.26. The number of phenolic OH excluding ortho intramolecular Hbond substituents is 1. The van der Waals surface area contributed by atoms with Crippen LogP contribution >= 0.6 is 0 Å². The molecule has 1 amide bonds. The third-order valence-corrected chi connectivity index (χ3v) is 9.56. The topological polar surface area (TPSA) is 180 Å². The molecule has 1 aromatic carbocycles. The first-order valence-corrected chi connectivity index (χ1v) is 14.3. The summed E-state index contributed by atoms with van der Waals surface area (Å²) in [7, 11) is 9.00. The minimum atomic E-state index is -2.65. The first-order chi connectivity index (χ1) is 19.7. The minimum Gasteiger partial charge on any atom is -0.510 e. The molecule has 42 heavy (non-hydrogen) atoms. The van der Waals surface area contributed by atoms with Crippen molar-refractivity contribution in [3.63, 3.8) is 0 Å². The minimum absolute atomic E-state index is 0.0298. The van der Waals surface area contributed by atoms with Crippen LogP contribution in [0.15, 0.2) is 28.7 Å². The van der Waals surface area contributed by atoms with Crippen molar-refractivity contribution in [2.24, 2.45) is 17.6 Å². The highest BCUT2D eigenvalue weighted by Crippen LogP contribution is 2.53. The highest BCUT2D eigenvalue weighted by atomic mass is 16.3. The summed E-state index contributed by atoms with van der Waals surface area (Å²) >= 11 is 0. The largest absolute Gasteiger partial charge is 0.510 e. The van der Waals surface area contributed by atoms with Crippen LogP contribution in [-0.2, 0) is 22.6 Å². The summed E-state index contributed by atoms with van der Waals surface area (Å²) in [5, 5.41) is 49.2. The maximum absolute atomic E-state index is 14.2. The lowest BCUT2D eigenvalue weighted by Crippen LogP contribution is -2.63. The van der Waals surface area contributed by atoms with Crippen molar-refractivity contribution in [3.8, 4) is 5.75 Å². The fourth-order valence-electron chi connectivity index (χ4n) is 7.35. The number of nitrogens with two attached hydrogens (primary N) is 1. The van der Waals surface area contributed by atoms with Gasteiger partial charge in [-0.05, 0) is 77.5 Å². The number of phenols is 1. The van der Waals surface area contributed by atoms with Gasteiger partial charge in [0.25, 0.3) is 5.91 Å². The molecule has 4 aliphatic rings. The third kappa shape index (κ3) is 4.48. The molecule has 12 heteroatoms. The smallest absolute Gasteiger partial charge is 0.255 e. The van der Waals surface area contributed by atoms with Gasteiger partial charge in [-0.1, -0.05) is 0 Å². The molecule has 5 rings (SSSR count). The van der Waals surface area contributed by atoms with Crippen LogP contribution in [0, 0.1) is 11.8 Å². The Balaban J connectivity index is 1.60. The van der Waals surface area contributed by atoms with Crippen LogP contribution in [0.1, 0.15) is 40.7 Å². The number of carbonyl (C=O) groups excluding carboxylic acids is 3. The molecular weight excluding hydrogens is 542 g/mol. The number of aliphatic hydroxyl groups is 3. The average molecular weight is 584 g/mol. The summed E-state index contributed by atoms with van der Waals surface area (Å²) in [6, 6.07) is 1.12. The molecule has 1 aromatic rings. The molecule has 0 bridgehead atoms. The number of nitrogens with one attached hydrogen (secondary N) is 1. The van der Waals surface area contributed by atoms with Gasteiger partial charge in [0.1, 0.15) is 22.8 Å². The third-order valence-electron chi connectivity index (χ3n) is 9.56. The number of aromatic hydroxyl groups is 1.